The maximum absolute atomic E-state index is 14.3. The number of halogens is 1. The molecule has 16 heavy (non-hydrogen) atoms. The quantitative estimate of drug-likeness (QED) is 0.562. The first-order chi connectivity index (χ1) is 7.52. The zero-order valence-corrected chi connectivity index (χ0v) is 10.9. The Bertz CT molecular complexity index is 329. The lowest BCUT2D eigenvalue weighted by molar-refractivity contribution is 0.532. The van der Waals surface area contributed by atoms with E-state index in [1.807, 2.05) is 20.8 Å². The summed E-state index contributed by atoms with van der Waals surface area (Å²) in [6.45, 7) is 11.7. The van der Waals surface area contributed by atoms with Gasteiger partial charge in [-0.1, -0.05) is 26.5 Å². The standard InChI is InChI=1S/C15H23F/c1-6-10(3)14(12(5)13-8-9-13)15(16)11(4)7-2/h6,12-13H,1,7-9H2,2-5H3/b14-10-,15-11+. The van der Waals surface area contributed by atoms with Gasteiger partial charge in [0.1, 0.15) is 5.83 Å². The summed E-state index contributed by atoms with van der Waals surface area (Å²) < 4.78 is 14.3. The lowest BCUT2D eigenvalue weighted by atomic mass is 9.89. The highest BCUT2D eigenvalue weighted by molar-refractivity contribution is 5.39. The molecule has 1 unspecified atom stereocenters. The molecule has 0 radical (unpaired) electrons. The van der Waals surface area contributed by atoms with Crippen molar-refractivity contribution in [2.45, 2.75) is 47.0 Å². The normalized spacial score (nSPS) is 21.1. The molecule has 0 saturated heterocycles. The van der Waals surface area contributed by atoms with Gasteiger partial charge in [0, 0.05) is 0 Å². The van der Waals surface area contributed by atoms with E-state index in [9.17, 15) is 4.39 Å². The van der Waals surface area contributed by atoms with Gasteiger partial charge >= 0.3 is 0 Å². The molecule has 1 atom stereocenters. The lowest BCUT2D eigenvalue weighted by Gasteiger charge is -2.18. The van der Waals surface area contributed by atoms with E-state index in [1.54, 1.807) is 6.08 Å². The minimum atomic E-state index is -0.000648. The topological polar surface area (TPSA) is 0 Å². The second-order valence-electron chi connectivity index (χ2n) is 4.87. The predicted octanol–water partition coefficient (Wildman–Crippen LogP) is 5.19. The monoisotopic (exact) mass is 222 g/mol. The molecule has 0 aromatic heterocycles. The van der Waals surface area contributed by atoms with Crippen molar-refractivity contribution in [1.82, 2.24) is 0 Å². The van der Waals surface area contributed by atoms with E-state index in [1.165, 1.54) is 12.8 Å². The first kappa shape index (κ1) is 13.2. The van der Waals surface area contributed by atoms with Crippen molar-refractivity contribution in [2.24, 2.45) is 11.8 Å². The van der Waals surface area contributed by atoms with Crippen LogP contribution < -0.4 is 0 Å². The highest BCUT2D eigenvalue weighted by Crippen LogP contribution is 2.44. The molecule has 0 bridgehead atoms. The third kappa shape index (κ3) is 2.84. The molecule has 0 aromatic carbocycles. The fraction of sp³-hybridized carbons (Fsp3) is 0.600. The molecule has 0 N–H and O–H groups in total. The molecule has 0 aliphatic heterocycles. The number of hydrogen-bond acceptors (Lipinski definition) is 0. The van der Waals surface area contributed by atoms with Crippen molar-refractivity contribution in [3.05, 3.63) is 35.2 Å². The fourth-order valence-corrected chi connectivity index (χ4v) is 2.06. The molecule has 1 rings (SSSR count). The van der Waals surface area contributed by atoms with Crippen LogP contribution in [0.25, 0.3) is 0 Å². The maximum atomic E-state index is 14.3. The van der Waals surface area contributed by atoms with Crippen LogP contribution in [0.2, 0.25) is 0 Å². The van der Waals surface area contributed by atoms with Crippen LogP contribution in [0.4, 0.5) is 4.39 Å². The van der Waals surface area contributed by atoms with E-state index in [-0.39, 0.29) is 5.83 Å². The van der Waals surface area contributed by atoms with E-state index in [0.717, 1.165) is 23.1 Å². The average Bonchev–Trinajstić information content (AvgIpc) is 3.11. The molecular formula is C15H23F. The van der Waals surface area contributed by atoms with Gasteiger partial charge < -0.3 is 0 Å². The maximum Gasteiger partial charge on any atom is 0.125 e. The van der Waals surface area contributed by atoms with Gasteiger partial charge in [-0.2, -0.15) is 0 Å². The highest BCUT2D eigenvalue weighted by Gasteiger charge is 2.32. The summed E-state index contributed by atoms with van der Waals surface area (Å²) in [5, 5.41) is 0. The zero-order chi connectivity index (χ0) is 12.3. The van der Waals surface area contributed by atoms with Gasteiger partial charge in [0.05, 0.1) is 0 Å². The molecule has 1 saturated carbocycles. The first-order valence-corrected chi connectivity index (χ1v) is 6.21. The van der Waals surface area contributed by atoms with Crippen LogP contribution in [0, 0.1) is 11.8 Å². The van der Waals surface area contributed by atoms with Crippen molar-refractivity contribution in [2.75, 3.05) is 0 Å². The van der Waals surface area contributed by atoms with Crippen molar-refractivity contribution in [1.29, 1.82) is 0 Å². The second-order valence-corrected chi connectivity index (χ2v) is 4.87. The molecule has 1 aliphatic carbocycles. The summed E-state index contributed by atoms with van der Waals surface area (Å²) in [6.07, 6.45) is 5.04. The minimum absolute atomic E-state index is 0.000648. The molecule has 0 amide bonds. The molecule has 0 spiro atoms. The van der Waals surface area contributed by atoms with Crippen molar-refractivity contribution in [3.8, 4) is 0 Å². The van der Waals surface area contributed by atoms with Crippen LogP contribution in [-0.4, -0.2) is 0 Å². The van der Waals surface area contributed by atoms with Crippen molar-refractivity contribution in [3.63, 3.8) is 0 Å². The van der Waals surface area contributed by atoms with Gasteiger partial charge in [-0.25, -0.2) is 4.39 Å². The van der Waals surface area contributed by atoms with Crippen molar-refractivity contribution >= 4 is 0 Å². The summed E-state index contributed by atoms with van der Waals surface area (Å²) in [5.74, 6) is 1.01. The van der Waals surface area contributed by atoms with Crippen LogP contribution in [0.15, 0.2) is 35.2 Å². The molecular weight excluding hydrogens is 199 g/mol. The zero-order valence-electron chi connectivity index (χ0n) is 10.9. The molecule has 0 heterocycles. The fourth-order valence-electron chi connectivity index (χ4n) is 2.06. The van der Waals surface area contributed by atoms with Crippen LogP contribution in [-0.2, 0) is 0 Å². The molecule has 1 aliphatic rings. The van der Waals surface area contributed by atoms with Gasteiger partial charge in [-0.3, -0.25) is 0 Å². The van der Waals surface area contributed by atoms with Gasteiger partial charge in [0.25, 0.3) is 0 Å². The number of rotatable bonds is 5. The van der Waals surface area contributed by atoms with Crippen molar-refractivity contribution < 1.29 is 4.39 Å². The Morgan fingerprint density at radius 1 is 1.44 bits per heavy atom. The average molecular weight is 222 g/mol. The smallest absolute Gasteiger partial charge is 0.125 e. The Hall–Kier alpha value is -0.850. The van der Waals surface area contributed by atoms with E-state index in [2.05, 4.69) is 13.5 Å². The second kappa shape index (κ2) is 5.47. The predicted molar refractivity (Wildman–Crippen MR) is 68.9 cm³/mol. The summed E-state index contributed by atoms with van der Waals surface area (Å²) in [4.78, 5) is 0. The molecule has 0 aromatic rings. The highest BCUT2D eigenvalue weighted by atomic mass is 19.1. The number of hydrogen-bond donors (Lipinski definition) is 0. The first-order valence-electron chi connectivity index (χ1n) is 6.21. The van der Waals surface area contributed by atoms with E-state index < -0.39 is 0 Å². The summed E-state index contributed by atoms with van der Waals surface area (Å²) in [7, 11) is 0. The largest absolute Gasteiger partial charge is 0.207 e. The minimum Gasteiger partial charge on any atom is -0.207 e. The summed E-state index contributed by atoms with van der Waals surface area (Å²) in [6, 6.07) is 0. The number of allylic oxidation sites excluding steroid dienone is 5. The molecule has 0 nitrogen and oxygen atoms in total. The van der Waals surface area contributed by atoms with Gasteiger partial charge in [-0.15, -0.1) is 0 Å². The Kier molecular flexibility index (Phi) is 4.52. The Morgan fingerprint density at radius 2 is 2.00 bits per heavy atom. The van der Waals surface area contributed by atoms with Gasteiger partial charge in [-0.05, 0) is 61.7 Å². The van der Waals surface area contributed by atoms with Crippen LogP contribution in [0.3, 0.4) is 0 Å². The van der Waals surface area contributed by atoms with E-state index >= 15 is 0 Å². The summed E-state index contributed by atoms with van der Waals surface area (Å²) >= 11 is 0. The summed E-state index contributed by atoms with van der Waals surface area (Å²) in [5.41, 5.74) is 2.73. The Balaban J connectivity index is 3.10. The molecule has 1 fully saturated rings. The van der Waals surface area contributed by atoms with E-state index in [4.69, 9.17) is 0 Å². The Morgan fingerprint density at radius 3 is 2.38 bits per heavy atom. The molecule has 1 heteroatoms. The van der Waals surface area contributed by atoms with Gasteiger partial charge in [0.15, 0.2) is 0 Å². The lowest BCUT2D eigenvalue weighted by Crippen LogP contribution is -2.06. The SMILES string of the molecule is C=C/C(C)=C(\C(F)=C(\C)CC)C(C)C1CC1. The third-order valence-electron chi connectivity index (χ3n) is 3.66. The Labute approximate surface area is 98.9 Å². The van der Waals surface area contributed by atoms with Crippen LogP contribution in [0.5, 0.6) is 0 Å². The van der Waals surface area contributed by atoms with Crippen LogP contribution in [0.1, 0.15) is 47.0 Å². The molecule has 90 valence electrons. The van der Waals surface area contributed by atoms with Gasteiger partial charge in [0.2, 0.25) is 0 Å². The van der Waals surface area contributed by atoms with E-state index in [0.29, 0.717) is 11.8 Å². The third-order valence-corrected chi connectivity index (χ3v) is 3.66. The van der Waals surface area contributed by atoms with Crippen LogP contribution >= 0.6 is 0 Å².